The van der Waals surface area contributed by atoms with E-state index in [1.807, 2.05) is 0 Å². The maximum Gasteiger partial charge on any atom is 0.317 e. The zero-order valence-electron chi connectivity index (χ0n) is 18.1. The fraction of sp³-hybridized carbons (Fsp3) is 0.304. The summed E-state index contributed by atoms with van der Waals surface area (Å²) < 4.78 is 18.2. The molecule has 0 radical (unpaired) electrons. The summed E-state index contributed by atoms with van der Waals surface area (Å²) >= 11 is 1.25. The molecule has 1 aromatic heterocycles. The van der Waals surface area contributed by atoms with Crippen molar-refractivity contribution in [2.45, 2.75) is 25.3 Å². The number of aromatic nitrogens is 2. The lowest BCUT2D eigenvalue weighted by Crippen LogP contribution is -2.44. The highest BCUT2D eigenvalue weighted by atomic mass is 32.1. The van der Waals surface area contributed by atoms with Gasteiger partial charge in [0.1, 0.15) is 16.6 Å². The topological polar surface area (TPSA) is 96.4 Å². The van der Waals surface area contributed by atoms with Gasteiger partial charge in [-0.3, -0.25) is 4.79 Å². The van der Waals surface area contributed by atoms with E-state index in [0.29, 0.717) is 31.1 Å². The Balaban J connectivity index is 1.32. The summed E-state index contributed by atoms with van der Waals surface area (Å²) in [7, 11) is 1.58. The molecule has 1 atom stereocenters. The Bertz CT molecular complexity index is 1100. The fourth-order valence-corrected chi connectivity index (χ4v) is 4.47. The Kier molecular flexibility index (Phi) is 7.13. The van der Waals surface area contributed by atoms with Crippen LogP contribution in [0.1, 0.15) is 39.1 Å². The summed E-state index contributed by atoms with van der Waals surface area (Å²) in [6.45, 7) is 1.48. The highest BCUT2D eigenvalue weighted by molar-refractivity contribution is 7.13. The summed E-state index contributed by atoms with van der Waals surface area (Å²) in [6, 6.07) is 12.9. The summed E-state index contributed by atoms with van der Waals surface area (Å²) in [6.07, 6.45) is 1.71. The Morgan fingerprint density at radius 3 is 2.64 bits per heavy atom. The number of benzene rings is 2. The van der Waals surface area contributed by atoms with E-state index in [1.54, 1.807) is 48.4 Å². The molecule has 2 heterocycles. The van der Waals surface area contributed by atoms with Crippen LogP contribution in [0, 0.1) is 5.82 Å². The zero-order chi connectivity index (χ0) is 23.2. The van der Waals surface area contributed by atoms with Gasteiger partial charge in [0.25, 0.3) is 5.91 Å². The van der Waals surface area contributed by atoms with Crippen molar-refractivity contribution in [3.63, 3.8) is 0 Å². The molecular weight excluding hydrogens is 445 g/mol. The second-order valence-corrected chi connectivity index (χ2v) is 8.71. The number of methoxy groups -OCH3 is 1. The van der Waals surface area contributed by atoms with Gasteiger partial charge in [0.2, 0.25) is 5.01 Å². The number of hydrogen-bond donors (Lipinski definition) is 2. The molecule has 1 fully saturated rings. The molecule has 2 aromatic carbocycles. The van der Waals surface area contributed by atoms with Crippen molar-refractivity contribution in [2.75, 3.05) is 25.5 Å². The van der Waals surface area contributed by atoms with E-state index in [2.05, 4.69) is 20.8 Å². The van der Waals surface area contributed by atoms with Gasteiger partial charge in [0.15, 0.2) is 0 Å². The average molecular weight is 470 g/mol. The van der Waals surface area contributed by atoms with Crippen LogP contribution >= 0.6 is 11.3 Å². The second kappa shape index (κ2) is 10.4. The van der Waals surface area contributed by atoms with Crippen LogP contribution in [0.25, 0.3) is 0 Å². The third kappa shape index (κ3) is 5.83. The van der Waals surface area contributed by atoms with E-state index in [9.17, 15) is 14.0 Å². The molecular formula is C23H24FN5O3S. The number of anilines is 1. The molecule has 4 rings (SSSR count). The molecule has 2 N–H and O–H groups in total. The first-order valence-corrected chi connectivity index (χ1v) is 11.4. The number of urea groups is 1. The second-order valence-electron chi connectivity index (χ2n) is 7.70. The van der Waals surface area contributed by atoms with Gasteiger partial charge in [-0.15, -0.1) is 10.2 Å². The molecule has 172 valence electrons. The number of halogens is 1. The largest absolute Gasteiger partial charge is 0.497 e. The number of carbonyl (C=O) groups is 2. The minimum Gasteiger partial charge on any atom is -0.497 e. The molecule has 1 saturated heterocycles. The first-order valence-electron chi connectivity index (χ1n) is 10.6. The van der Waals surface area contributed by atoms with Crippen molar-refractivity contribution in [1.29, 1.82) is 0 Å². The van der Waals surface area contributed by atoms with Crippen molar-refractivity contribution in [3.05, 3.63) is 69.9 Å². The van der Waals surface area contributed by atoms with Gasteiger partial charge in [-0.2, -0.15) is 0 Å². The predicted octanol–water partition coefficient (Wildman–Crippen LogP) is 4.03. The summed E-state index contributed by atoms with van der Waals surface area (Å²) in [4.78, 5) is 26.9. The van der Waals surface area contributed by atoms with E-state index in [-0.39, 0.29) is 28.7 Å². The van der Waals surface area contributed by atoms with Crippen LogP contribution in [0.15, 0.2) is 48.5 Å². The van der Waals surface area contributed by atoms with Crippen LogP contribution in [-0.2, 0) is 6.54 Å². The number of nitrogens with one attached hydrogen (secondary N) is 2. The smallest absolute Gasteiger partial charge is 0.317 e. The first kappa shape index (κ1) is 22.7. The molecule has 33 heavy (non-hydrogen) atoms. The van der Waals surface area contributed by atoms with Crippen molar-refractivity contribution < 1.29 is 18.7 Å². The van der Waals surface area contributed by atoms with Gasteiger partial charge in [0.05, 0.1) is 7.11 Å². The number of rotatable bonds is 6. The van der Waals surface area contributed by atoms with E-state index < -0.39 is 0 Å². The number of nitrogens with zero attached hydrogens (tertiary/aromatic N) is 3. The predicted molar refractivity (Wildman–Crippen MR) is 123 cm³/mol. The van der Waals surface area contributed by atoms with Gasteiger partial charge >= 0.3 is 6.03 Å². The van der Waals surface area contributed by atoms with Crippen molar-refractivity contribution in [2.24, 2.45) is 0 Å². The molecule has 1 unspecified atom stereocenters. The SMILES string of the molecule is COc1ccc(NC(=O)c2nnc(C3CCCN(C(=O)NCc4ccc(F)cc4)C3)s2)cc1. The minimum atomic E-state index is -0.325. The first-order chi connectivity index (χ1) is 16.0. The monoisotopic (exact) mass is 469 g/mol. The lowest BCUT2D eigenvalue weighted by Gasteiger charge is -2.31. The van der Waals surface area contributed by atoms with Gasteiger partial charge < -0.3 is 20.3 Å². The number of amides is 3. The van der Waals surface area contributed by atoms with Gasteiger partial charge in [0, 0.05) is 31.2 Å². The molecule has 0 bridgehead atoms. The number of hydrogen-bond acceptors (Lipinski definition) is 6. The summed E-state index contributed by atoms with van der Waals surface area (Å²) in [5.74, 6) is 0.0943. The number of carbonyl (C=O) groups excluding carboxylic acids is 2. The fourth-order valence-electron chi connectivity index (χ4n) is 3.61. The van der Waals surface area contributed by atoms with E-state index in [0.717, 1.165) is 23.4 Å². The minimum absolute atomic E-state index is 0.0235. The van der Waals surface area contributed by atoms with Crippen molar-refractivity contribution in [3.8, 4) is 5.75 Å². The molecule has 0 saturated carbocycles. The number of piperidine rings is 1. The lowest BCUT2D eigenvalue weighted by atomic mass is 9.99. The Morgan fingerprint density at radius 2 is 1.91 bits per heavy atom. The number of likely N-dealkylation sites (tertiary alicyclic amines) is 1. The van der Waals surface area contributed by atoms with Crippen LogP contribution in [0.3, 0.4) is 0 Å². The Hall–Kier alpha value is -3.53. The van der Waals surface area contributed by atoms with Crippen molar-refractivity contribution in [1.82, 2.24) is 20.4 Å². The normalized spacial score (nSPS) is 15.7. The Labute approximate surface area is 194 Å². The quantitative estimate of drug-likeness (QED) is 0.568. The third-order valence-electron chi connectivity index (χ3n) is 5.40. The molecule has 3 aromatic rings. The third-order valence-corrected chi connectivity index (χ3v) is 6.48. The molecule has 1 aliphatic heterocycles. The van der Waals surface area contributed by atoms with Gasteiger partial charge in [-0.05, 0) is 54.8 Å². The highest BCUT2D eigenvalue weighted by Gasteiger charge is 2.28. The van der Waals surface area contributed by atoms with E-state index in [4.69, 9.17) is 4.74 Å². The Morgan fingerprint density at radius 1 is 1.15 bits per heavy atom. The van der Waals surface area contributed by atoms with Gasteiger partial charge in [-0.25, -0.2) is 9.18 Å². The van der Waals surface area contributed by atoms with Crippen LogP contribution in [0.5, 0.6) is 5.75 Å². The summed E-state index contributed by atoms with van der Waals surface area (Å²) in [5, 5.41) is 15.0. The molecule has 3 amide bonds. The molecule has 8 nitrogen and oxygen atoms in total. The molecule has 1 aliphatic rings. The lowest BCUT2D eigenvalue weighted by molar-refractivity contribution is 0.102. The standard InChI is InChI=1S/C23H24FN5O3S/c1-32-19-10-8-18(9-11-19)26-20(30)22-28-27-21(33-22)16-3-2-12-29(14-16)23(31)25-13-15-4-6-17(24)7-5-15/h4-11,16H,2-3,12-14H2,1H3,(H,25,31)(H,26,30). The van der Waals surface area contributed by atoms with E-state index in [1.165, 1.54) is 23.5 Å². The zero-order valence-corrected chi connectivity index (χ0v) is 18.9. The molecule has 0 spiro atoms. The summed E-state index contributed by atoms with van der Waals surface area (Å²) in [5.41, 5.74) is 1.47. The maximum absolute atomic E-state index is 13.0. The van der Waals surface area contributed by atoms with Crippen LogP contribution in [-0.4, -0.2) is 47.2 Å². The maximum atomic E-state index is 13.0. The van der Waals surface area contributed by atoms with Crippen LogP contribution < -0.4 is 15.4 Å². The highest BCUT2D eigenvalue weighted by Crippen LogP contribution is 2.29. The van der Waals surface area contributed by atoms with Crippen LogP contribution in [0.4, 0.5) is 14.9 Å². The van der Waals surface area contributed by atoms with E-state index >= 15 is 0 Å². The number of ether oxygens (including phenoxy) is 1. The van der Waals surface area contributed by atoms with Crippen molar-refractivity contribution >= 4 is 29.0 Å². The van der Waals surface area contributed by atoms with Crippen LogP contribution in [0.2, 0.25) is 0 Å². The molecule has 10 heteroatoms. The molecule has 0 aliphatic carbocycles. The van der Waals surface area contributed by atoms with Gasteiger partial charge in [-0.1, -0.05) is 23.5 Å². The average Bonchev–Trinajstić information content (AvgIpc) is 3.35.